The molecule has 0 aromatic heterocycles. The van der Waals surface area contributed by atoms with Gasteiger partial charge in [0, 0.05) is 31.6 Å². The van der Waals surface area contributed by atoms with Gasteiger partial charge in [0.15, 0.2) is 6.61 Å². The number of nitrogens with one attached hydrogen (secondary N) is 3. The number of ether oxygens (including phenoxy) is 1. The second-order valence-corrected chi connectivity index (χ2v) is 10.2. The zero-order valence-electron chi connectivity index (χ0n) is 23.0. The van der Waals surface area contributed by atoms with Crippen molar-refractivity contribution in [3.05, 3.63) is 102 Å². The summed E-state index contributed by atoms with van der Waals surface area (Å²) in [6.45, 7) is 2.23. The van der Waals surface area contributed by atoms with Crippen LogP contribution in [0, 0.1) is 5.82 Å². The van der Waals surface area contributed by atoms with Gasteiger partial charge < -0.3 is 25.6 Å². The molecular weight excluding hydrogens is 507 g/mol. The summed E-state index contributed by atoms with van der Waals surface area (Å²) in [5.74, 6) is -0.0339. The summed E-state index contributed by atoms with van der Waals surface area (Å²) in [6.07, 6.45) is 2.28. The highest BCUT2D eigenvalue weighted by atomic mass is 19.1. The fourth-order valence-corrected chi connectivity index (χ4v) is 5.08. The van der Waals surface area contributed by atoms with Crippen LogP contribution < -0.4 is 20.7 Å². The second kappa shape index (κ2) is 15.1. The largest absolute Gasteiger partial charge is 0.484 e. The Labute approximate surface area is 236 Å². The molecule has 1 fully saturated rings. The Morgan fingerprint density at radius 3 is 2.30 bits per heavy atom. The Morgan fingerprint density at radius 1 is 1.02 bits per heavy atom. The van der Waals surface area contributed by atoms with Crippen molar-refractivity contribution in [2.24, 2.45) is 0 Å². The predicted molar refractivity (Wildman–Crippen MR) is 155 cm³/mol. The monoisotopic (exact) mass is 546 g/mol. The average Bonchev–Trinajstić information content (AvgIpc) is 3.13. The van der Waals surface area contributed by atoms with Crippen molar-refractivity contribution >= 4 is 11.8 Å². The van der Waals surface area contributed by atoms with Gasteiger partial charge in [-0.1, -0.05) is 60.7 Å². The maximum Gasteiger partial charge on any atom is 0.257 e. The van der Waals surface area contributed by atoms with Crippen LogP contribution in [0.2, 0.25) is 0 Å². The van der Waals surface area contributed by atoms with Crippen molar-refractivity contribution in [2.45, 2.75) is 37.3 Å². The Morgan fingerprint density at radius 2 is 1.68 bits per heavy atom. The first-order valence-corrected chi connectivity index (χ1v) is 14.0. The fourth-order valence-electron chi connectivity index (χ4n) is 5.08. The maximum atomic E-state index is 13.8. The van der Waals surface area contributed by atoms with E-state index in [9.17, 15) is 14.0 Å². The molecule has 0 aliphatic carbocycles. The third-order valence-electron chi connectivity index (χ3n) is 7.25. The topological polar surface area (TPSA) is 82.7 Å². The second-order valence-electron chi connectivity index (χ2n) is 10.2. The third-order valence-corrected chi connectivity index (χ3v) is 7.25. The van der Waals surface area contributed by atoms with Crippen LogP contribution in [0.25, 0.3) is 0 Å². The molecule has 3 N–H and O–H groups in total. The van der Waals surface area contributed by atoms with Crippen LogP contribution >= 0.6 is 0 Å². The molecule has 3 aromatic carbocycles. The van der Waals surface area contributed by atoms with E-state index in [0.717, 1.165) is 13.0 Å². The molecular formula is C32H39FN4O3. The van der Waals surface area contributed by atoms with Gasteiger partial charge in [0.25, 0.3) is 5.91 Å². The lowest BCUT2D eigenvalue weighted by atomic mass is 9.90. The summed E-state index contributed by atoms with van der Waals surface area (Å²) in [7, 11) is 1.91. The number of carbonyl (C=O) groups excluding carboxylic acids is 2. The van der Waals surface area contributed by atoms with E-state index in [1.54, 1.807) is 0 Å². The smallest absolute Gasteiger partial charge is 0.257 e. The number of nitrogens with zero attached hydrogens (tertiary/aromatic N) is 1. The molecule has 2 atom stereocenters. The lowest BCUT2D eigenvalue weighted by molar-refractivity contribution is -0.133. The Balaban J connectivity index is 1.41. The lowest BCUT2D eigenvalue weighted by Gasteiger charge is -2.29. The van der Waals surface area contributed by atoms with E-state index in [2.05, 4.69) is 40.2 Å². The van der Waals surface area contributed by atoms with Crippen LogP contribution in [0.1, 0.15) is 36.3 Å². The minimum absolute atomic E-state index is 0.0594. The number of hydrogen-bond donors (Lipinski definition) is 3. The summed E-state index contributed by atoms with van der Waals surface area (Å²) in [5, 5.41) is 9.62. The minimum Gasteiger partial charge on any atom is -0.484 e. The van der Waals surface area contributed by atoms with Gasteiger partial charge in [-0.3, -0.25) is 9.59 Å². The first-order chi connectivity index (χ1) is 19.5. The van der Waals surface area contributed by atoms with Gasteiger partial charge in [0.2, 0.25) is 5.91 Å². The van der Waals surface area contributed by atoms with E-state index < -0.39 is 0 Å². The minimum atomic E-state index is -0.358. The molecule has 7 nitrogen and oxygen atoms in total. The third kappa shape index (κ3) is 8.63. The molecule has 1 saturated heterocycles. The van der Waals surface area contributed by atoms with Gasteiger partial charge >= 0.3 is 0 Å². The molecule has 3 aromatic rings. The number of rotatable bonds is 13. The van der Waals surface area contributed by atoms with Crippen LogP contribution in [0.15, 0.2) is 84.9 Å². The number of benzene rings is 3. The Hall–Kier alpha value is -3.75. The van der Waals surface area contributed by atoms with Crippen molar-refractivity contribution in [1.82, 2.24) is 20.9 Å². The number of hydrogen-bond acceptors (Lipinski definition) is 5. The molecule has 4 rings (SSSR count). The van der Waals surface area contributed by atoms with E-state index in [0.29, 0.717) is 38.2 Å². The average molecular weight is 547 g/mol. The zero-order chi connectivity index (χ0) is 28.2. The first kappa shape index (κ1) is 29.2. The molecule has 0 spiro atoms. The summed E-state index contributed by atoms with van der Waals surface area (Å²) in [4.78, 5) is 28.3. The molecule has 8 heteroatoms. The van der Waals surface area contributed by atoms with Gasteiger partial charge in [-0.25, -0.2) is 4.39 Å². The highest BCUT2D eigenvalue weighted by Gasteiger charge is 2.32. The zero-order valence-corrected chi connectivity index (χ0v) is 23.0. The van der Waals surface area contributed by atoms with E-state index >= 15 is 0 Å². The normalized spacial score (nSPS) is 17.5. The highest BCUT2D eigenvalue weighted by Crippen LogP contribution is 2.27. The standard InChI is InChI=1S/C32H39FN4O3/c1-34-19-8-13-30-32(39)37(22-29(24-9-4-2-5-10-24)25-11-6-3-7-12-25)20-18-27(36-30)21-35-31(38)23-40-28-16-14-26(33)15-17-28/h2-7,9-12,14-17,27,29-30,34,36H,8,13,18-23H2,1H3,(H,35,38). The van der Waals surface area contributed by atoms with Crippen molar-refractivity contribution in [2.75, 3.05) is 39.8 Å². The number of amides is 2. The molecule has 1 heterocycles. The predicted octanol–water partition coefficient (Wildman–Crippen LogP) is 3.71. The van der Waals surface area contributed by atoms with Crippen LogP contribution in [0.3, 0.4) is 0 Å². The van der Waals surface area contributed by atoms with Gasteiger partial charge in [0.1, 0.15) is 11.6 Å². The maximum absolute atomic E-state index is 13.8. The molecule has 1 aliphatic rings. The van der Waals surface area contributed by atoms with Crippen LogP contribution in [-0.4, -0.2) is 68.6 Å². The molecule has 2 amide bonds. The Bertz CT molecular complexity index is 1150. The van der Waals surface area contributed by atoms with Crippen LogP contribution in [-0.2, 0) is 9.59 Å². The van der Waals surface area contributed by atoms with E-state index in [4.69, 9.17) is 4.74 Å². The van der Waals surface area contributed by atoms with Gasteiger partial charge in [-0.2, -0.15) is 0 Å². The first-order valence-electron chi connectivity index (χ1n) is 14.0. The van der Waals surface area contributed by atoms with Gasteiger partial charge in [0.05, 0.1) is 6.04 Å². The summed E-state index contributed by atoms with van der Waals surface area (Å²) >= 11 is 0. The molecule has 212 valence electrons. The Kier molecular flexibility index (Phi) is 11.1. The quantitative estimate of drug-likeness (QED) is 0.285. The molecule has 0 bridgehead atoms. The fraction of sp³-hybridized carbons (Fsp3) is 0.375. The van der Waals surface area contributed by atoms with Gasteiger partial charge in [-0.15, -0.1) is 0 Å². The van der Waals surface area contributed by atoms with Crippen molar-refractivity contribution in [1.29, 1.82) is 0 Å². The van der Waals surface area contributed by atoms with E-state index in [-0.39, 0.29) is 42.2 Å². The molecule has 1 aliphatic heterocycles. The van der Waals surface area contributed by atoms with Crippen molar-refractivity contribution in [3.8, 4) is 5.75 Å². The summed E-state index contributed by atoms with van der Waals surface area (Å²) in [6, 6.07) is 25.8. The summed E-state index contributed by atoms with van der Waals surface area (Å²) < 4.78 is 18.6. The van der Waals surface area contributed by atoms with Crippen LogP contribution in [0.4, 0.5) is 4.39 Å². The molecule has 0 radical (unpaired) electrons. The number of carbonyl (C=O) groups is 2. The van der Waals surface area contributed by atoms with Crippen molar-refractivity contribution < 1.29 is 18.7 Å². The number of halogens is 1. The molecule has 0 saturated carbocycles. The lowest BCUT2D eigenvalue weighted by Crippen LogP contribution is -2.49. The molecule has 2 unspecified atom stereocenters. The van der Waals surface area contributed by atoms with E-state index in [1.165, 1.54) is 35.4 Å². The van der Waals surface area contributed by atoms with Crippen LogP contribution in [0.5, 0.6) is 5.75 Å². The van der Waals surface area contributed by atoms with Crippen molar-refractivity contribution in [3.63, 3.8) is 0 Å². The molecule has 40 heavy (non-hydrogen) atoms. The highest BCUT2D eigenvalue weighted by molar-refractivity contribution is 5.82. The SMILES string of the molecule is CNCCCC1NC(CNC(=O)COc2ccc(F)cc2)CCN(CC(c2ccccc2)c2ccccc2)C1=O. The summed E-state index contributed by atoms with van der Waals surface area (Å²) in [5.41, 5.74) is 2.35. The van der Waals surface area contributed by atoms with Gasteiger partial charge in [-0.05, 0) is 68.2 Å². The van der Waals surface area contributed by atoms with E-state index in [1.807, 2.05) is 48.3 Å².